The quantitative estimate of drug-likeness (QED) is 0.634. The molecule has 0 saturated carbocycles. The Hall–Kier alpha value is -2.24. The molecule has 1 aliphatic rings. The molecule has 1 saturated heterocycles. The van der Waals surface area contributed by atoms with Crippen LogP contribution in [0, 0.1) is 6.92 Å². The fourth-order valence-corrected chi connectivity index (χ4v) is 4.29. The van der Waals surface area contributed by atoms with Gasteiger partial charge in [0.2, 0.25) is 0 Å². The standard InChI is InChI=1S/C23H30N4O/c1-18-5-4-6-21(15-18)20-9-13-26(14-10-20)11-2-3-12-27-23-16-19(17-28)7-8-22(23)24-25-27/h4-8,15-16,20,28H,2-3,9-14,17H2,1H3. The number of rotatable bonds is 7. The van der Waals surface area contributed by atoms with Crippen molar-refractivity contribution in [1.29, 1.82) is 0 Å². The summed E-state index contributed by atoms with van der Waals surface area (Å²) < 4.78 is 1.97. The molecule has 0 aliphatic carbocycles. The molecule has 1 N–H and O–H groups in total. The molecule has 0 atom stereocenters. The zero-order valence-electron chi connectivity index (χ0n) is 16.7. The van der Waals surface area contributed by atoms with Crippen LogP contribution in [0.25, 0.3) is 11.0 Å². The average molecular weight is 379 g/mol. The summed E-state index contributed by atoms with van der Waals surface area (Å²) in [6.45, 7) is 6.68. The van der Waals surface area contributed by atoms with Gasteiger partial charge in [-0.3, -0.25) is 0 Å². The number of benzene rings is 2. The second kappa shape index (κ2) is 8.84. The zero-order valence-corrected chi connectivity index (χ0v) is 16.7. The van der Waals surface area contributed by atoms with E-state index in [0.717, 1.165) is 42.0 Å². The first-order valence-electron chi connectivity index (χ1n) is 10.4. The maximum Gasteiger partial charge on any atom is 0.113 e. The molecule has 2 aromatic carbocycles. The highest BCUT2D eigenvalue weighted by atomic mass is 16.3. The lowest BCUT2D eigenvalue weighted by Gasteiger charge is -2.32. The zero-order chi connectivity index (χ0) is 19.3. The summed E-state index contributed by atoms with van der Waals surface area (Å²) in [5.41, 5.74) is 5.71. The number of hydrogen-bond donors (Lipinski definition) is 1. The molecule has 3 aromatic rings. The van der Waals surface area contributed by atoms with E-state index in [1.54, 1.807) is 0 Å². The van der Waals surface area contributed by atoms with E-state index in [9.17, 15) is 5.11 Å². The third-order valence-corrected chi connectivity index (χ3v) is 5.96. The van der Waals surface area contributed by atoms with Gasteiger partial charge in [-0.05, 0) is 81.4 Å². The van der Waals surface area contributed by atoms with Gasteiger partial charge in [0.25, 0.3) is 0 Å². The lowest BCUT2D eigenvalue weighted by Crippen LogP contribution is -2.33. The maximum atomic E-state index is 9.33. The van der Waals surface area contributed by atoms with Gasteiger partial charge in [0, 0.05) is 6.54 Å². The normalized spacial score (nSPS) is 16.1. The van der Waals surface area contributed by atoms with Gasteiger partial charge in [0.15, 0.2) is 0 Å². The Morgan fingerprint density at radius 1 is 1.04 bits per heavy atom. The van der Waals surface area contributed by atoms with E-state index >= 15 is 0 Å². The van der Waals surface area contributed by atoms with Crippen molar-refractivity contribution >= 4 is 11.0 Å². The number of unbranched alkanes of at least 4 members (excludes halogenated alkanes) is 1. The Kier molecular flexibility index (Phi) is 6.03. The molecule has 0 amide bonds. The topological polar surface area (TPSA) is 54.2 Å². The van der Waals surface area contributed by atoms with Crippen LogP contribution >= 0.6 is 0 Å². The van der Waals surface area contributed by atoms with Gasteiger partial charge in [0.05, 0.1) is 12.1 Å². The van der Waals surface area contributed by atoms with E-state index in [-0.39, 0.29) is 6.61 Å². The number of piperidine rings is 1. The van der Waals surface area contributed by atoms with E-state index in [4.69, 9.17) is 0 Å². The minimum atomic E-state index is 0.0552. The fourth-order valence-electron chi connectivity index (χ4n) is 4.29. The van der Waals surface area contributed by atoms with Crippen LogP contribution in [0.5, 0.6) is 0 Å². The van der Waals surface area contributed by atoms with Crippen LogP contribution in [0.2, 0.25) is 0 Å². The van der Waals surface area contributed by atoms with Gasteiger partial charge in [0.1, 0.15) is 5.52 Å². The SMILES string of the molecule is Cc1cccc(C2CCN(CCCCn3nnc4ccc(CO)cc43)CC2)c1. The van der Waals surface area contributed by atoms with Crippen molar-refractivity contribution in [1.82, 2.24) is 19.9 Å². The molecular weight excluding hydrogens is 348 g/mol. The van der Waals surface area contributed by atoms with Crippen molar-refractivity contribution in [3.63, 3.8) is 0 Å². The number of aromatic nitrogens is 3. The first kappa shape index (κ1) is 19.1. The highest BCUT2D eigenvalue weighted by Crippen LogP contribution is 2.28. The van der Waals surface area contributed by atoms with Crippen LogP contribution in [0.15, 0.2) is 42.5 Å². The maximum absolute atomic E-state index is 9.33. The van der Waals surface area contributed by atoms with Crippen LogP contribution in [0.1, 0.15) is 48.3 Å². The van der Waals surface area contributed by atoms with Crippen molar-refractivity contribution in [3.8, 4) is 0 Å². The molecule has 148 valence electrons. The molecule has 5 heteroatoms. The summed E-state index contributed by atoms with van der Waals surface area (Å²) in [4.78, 5) is 2.61. The molecular formula is C23H30N4O. The Balaban J connectivity index is 1.22. The number of aliphatic hydroxyl groups is 1. The summed E-state index contributed by atoms with van der Waals surface area (Å²) in [7, 11) is 0. The van der Waals surface area contributed by atoms with Crippen LogP contribution in [-0.2, 0) is 13.2 Å². The molecule has 1 fully saturated rings. The third-order valence-electron chi connectivity index (χ3n) is 5.96. The first-order valence-corrected chi connectivity index (χ1v) is 10.4. The van der Waals surface area contributed by atoms with Gasteiger partial charge < -0.3 is 10.0 Å². The Morgan fingerprint density at radius 2 is 1.86 bits per heavy atom. The minimum Gasteiger partial charge on any atom is -0.392 e. The molecule has 28 heavy (non-hydrogen) atoms. The van der Waals surface area contributed by atoms with Crippen LogP contribution < -0.4 is 0 Å². The molecule has 2 heterocycles. The fraction of sp³-hybridized carbons (Fsp3) is 0.478. The highest BCUT2D eigenvalue weighted by molar-refractivity contribution is 5.74. The Morgan fingerprint density at radius 3 is 2.64 bits per heavy atom. The van der Waals surface area contributed by atoms with Crippen LogP contribution in [-0.4, -0.2) is 44.6 Å². The Bertz CT molecular complexity index is 912. The number of aliphatic hydroxyl groups excluding tert-OH is 1. The van der Waals surface area contributed by atoms with E-state index in [2.05, 4.69) is 46.4 Å². The molecule has 5 nitrogen and oxygen atoms in total. The summed E-state index contributed by atoms with van der Waals surface area (Å²) in [5, 5.41) is 17.8. The number of aryl methyl sites for hydroxylation is 2. The second-order valence-corrected chi connectivity index (χ2v) is 8.03. The van der Waals surface area contributed by atoms with Gasteiger partial charge in [-0.2, -0.15) is 0 Å². The summed E-state index contributed by atoms with van der Waals surface area (Å²) >= 11 is 0. The molecule has 0 bridgehead atoms. The van der Waals surface area contributed by atoms with Gasteiger partial charge in [-0.15, -0.1) is 5.10 Å². The lowest BCUT2D eigenvalue weighted by atomic mass is 9.88. The lowest BCUT2D eigenvalue weighted by molar-refractivity contribution is 0.207. The van der Waals surface area contributed by atoms with E-state index in [0.29, 0.717) is 0 Å². The van der Waals surface area contributed by atoms with Crippen LogP contribution in [0.3, 0.4) is 0 Å². The smallest absolute Gasteiger partial charge is 0.113 e. The summed E-state index contributed by atoms with van der Waals surface area (Å²) in [6, 6.07) is 14.8. The summed E-state index contributed by atoms with van der Waals surface area (Å²) in [5.74, 6) is 0.721. The second-order valence-electron chi connectivity index (χ2n) is 8.03. The first-order chi connectivity index (χ1) is 13.7. The van der Waals surface area contributed by atoms with E-state index in [1.807, 2.05) is 22.9 Å². The number of nitrogens with zero attached hydrogens (tertiary/aromatic N) is 4. The van der Waals surface area contributed by atoms with Crippen molar-refractivity contribution < 1.29 is 5.11 Å². The van der Waals surface area contributed by atoms with E-state index in [1.165, 1.54) is 43.5 Å². The number of likely N-dealkylation sites (tertiary alicyclic amines) is 1. The van der Waals surface area contributed by atoms with Gasteiger partial charge >= 0.3 is 0 Å². The van der Waals surface area contributed by atoms with Gasteiger partial charge in [-0.1, -0.05) is 41.1 Å². The van der Waals surface area contributed by atoms with Crippen molar-refractivity contribution in [3.05, 3.63) is 59.2 Å². The van der Waals surface area contributed by atoms with Gasteiger partial charge in [-0.25, -0.2) is 4.68 Å². The number of fused-ring (bicyclic) bond motifs is 1. The van der Waals surface area contributed by atoms with Crippen LogP contribution in [0.4, 0.5) is 0 Å². The molecule has 0 unspecified atom stereocenters. The molecule has 0 radical (unpaired) electrons. The highest BCUT2D eigenvalue weighted by Gasteiger charge is 2.20. The monoisotopic (exact) mass is 378 g/mol. The molecule has 0 spiro atoms. The Labute approximate surface area is 167 Å². The van der Waals surface area contributed by atoms with Crippen molar-refractivity contribution in [2.24, 2.45) is 0 Å². The largest absolute Gasteiger partial charge is 0.392 e. The van der Waals surface area contributed by atoms with Crippen molar-refractivity contribution in [2.45, 2.75) is 51.7 Å². The molecule has 1 aliphatic heterocycles. The summed E-state index contributed by atoms with van der Waals surface area (Å²) in [6.07, 6.45) is 4.80. The van der Waals surface area contributed by atoms with E-state index < -0.39 is 0 Å². The molecule has 4 rings (SSSR count). The predicted octanol–water partition coefficient (Wildman–Crippen LogP) is 3.89. The van der Waals surface area contributed by atoms with Crippen molar-refractivity contribution in [2.75, 3.05) is 19.6 Å². The average Bonchev–Trinajstić information content (AvgIpc) is 3.14. The molecule has 1 aromatic heterocycles. The minimum absolute atomic E-state index is 0.0552. The third kappa shape index (κ3) is 4.42. The predicted molar refractivity (Wildman–Crippen MR) is 112 cm³/mol. The number of hydrogen-bond acceptors (Lipinski definition) is 4.